The molecule has 0 aliphatic heterocycles. The van der Waals surface area contributed by atoms with Gasteiger partial charge in [-0.25, -0.2) is 4.79 Å². The zero-order valence-electron chi connectivity index (χ0n) is 13.3. The molecule has 0 fully saturated rings. The third-order valence-corrected chi connectivity index (χ3v) is 3.71. The van der Waals surface area contributed by atoms with Gasteiger partial charge in [-0.2, -0.15) is 8.78 Å². The molecule has 1 amide bonds. The number of amides is 1. The lowest BCUT2D eigenvalue weighted by Gasteiger charge is -2.11. The van der Waals surface area contributed by atoms with Crippen LogP contribution in [0, 0.1) is 0 Å². The van der Waals surface area contributed by atoms with Crippen LogP contribution < -0.4 is 10.1 Å². The van der Waals surface area contributed by atoms with Crippen LogP contribution in [0.3, 0.4) is 0 Å². The van der Waals surface area contributed by atoms with Crippen LogP contribution in [-0.2, 0) is 0 Å². The fourth-order valence-electron chi connectivity index (χ4n) is 2.51. The zero-order valence-corrected chi connectivity index (χ0v) is 13.3. The van der Waals surface area contributed by atoms with Crippen molar-refractivity contribution in [2.45, 2.75) is 6.61 Å². The molecule has 0 radical (unpaired) electrons. The summed E-state index contributed by atoms with van der Waals surface area (Å²) in [6.45, 7) is -3.07. The summed E-state index contributed by atoms with van der Waals surface area (Å²) in [5.41, 5.74) is -0.0255. The summed E-state index contributed by atoms with van der Waals surface area (Å²) in [6.07, 6.45) is 0. The number of fused-ring (bicyclic) bond motifs is 1. The molecule has 0 aromatic heterocycles. The monoisotopic (exact) mass is 357 g/mol. The first-order chi connectivity index (χ1) is 12.4. The van der Waals surface area contributed by atoms with E-state index in [4.69, 9.17) is 0 Å². The Morgan fingerprint density at radius 1 is 0.962 bits per heavy atom. The lowest BCUT2D eigenvalue weighted by atomic mass is 10.1. The summed E-state index contributed by atoms with van der Waals surface area (Å²) >= 11 is 0. The van der Waals surface area contributed by atoms with E-state index in [1.165, 1.54) is 6.07 Å². The van der Waals surface area contributed by atoms with Crippen molar-refractivity contribution in [3.8, 4) is 5.75 Å². The van der Waals surface area contributed by atoms with Gasteiger partial charge in [-0.05, 0) is 41.1 Å². The van der Waals surface area contributed by atoms with E-state index in [0.717, 1.165) is 22.9 Å². The molecular formula is C19H13F2NO4. The molecular weight excluding hydrogens is 344 g/mol. The molecule has 0 saturated heterocycles. The highest BCUT2D eigenvalue weighted by Gasteiger charge is 2.16. The van der Waals surface area contributed by atoms with Crippen LogP contribution in [0.4, 0.5) is 14.5 Å². The van der Waals surface area contributed by atoms with Crippen molar-refractivity contribution in [3.63, 3.8) is 0 Å². The fourth-order valence-corrected chi connectivity index (χ4v) is 2.51. The van der Waals surface area contributed by atoms with Gasteiger partial charge in [0.05, 0.1) is 11.3 Å². The van der Waals surface area contributed by atoms with Crippen molar-refractivity contribution in [1.29, 1.82) is 0 Å². The van der Waals surface area contributed by atoms with Gasteiger partial charge in [0.25, 0.3) is 5.91 Å². The third-order valence-electron chi connectivity index (χ3n) is 3.71. The first kappa shape index (κ1) is 17.3. The van der Waals surface area contributed by atoms with Gasteiger partial charge in [-0.3, -0.25) is 4.79 Å². The molecule has 2 N–H and O–H groups in total. The Morgan fingerprint density at radius 3 is 2.38 bits per heavy atom. The van der Waals surface area contributed by atoms with Gasteiger partial charge in [0.15, 0.2) is 0 Å². The minimum Gasteiger partial charge on any atom is -0.478 e. The number of halogens is 2. The summed E-state index contributed by atoms with van der Waals surface area (Å²) in [5, 5.41) is 13.6. The number of carbonyl (C=O) groups is 2. The number of rotatable bonds is 5. The largest absolute Gasteiger partial charge is 0.478 e. The summed E-state index contributed by atoms with van der Waals surface area (Å²) in [5.74, 6) is -2.19. The van der Waals surface area contributed by atoms with Crippen molar-refractivity contribution in [3.05, 3.63) is 71.8 Å². The van der Waals surface area contributed by atoms with Crippen LogP contribution >= 0.6 is 0 Å². The number of carbonyl (C=O) groups excluding carboxylic acids is 1. The van der Waals surface area contributed by atoms with Crippen LogP contribution in [0.1, 0.15) is 20.7 Å². The molecule has 3 aromatic carbocycles. The first-order valence-corrected chi connectivity index (χ1v) is 7.56. The number of carboxylic acid groups (broad SMARTS) is 1. The van der Waals surface area contributed by atoms with E-state index in [1.807, 2.05) is 24.3 Å². The molecule has 3 rings (SSSR count). The average molecular weight is 357 g/mol. The maximum absolute atomic E-state index is 12.4. The van der Waals surface area contributed by atoms with Gasteiger partial charge in [0.2, 0.25) is 0 Å². The SMILES string of the molecule is O=C(Nc1ccc(OC(F)F)cc1C(=O)O)c1ccc2ccccc2c1. The first-order valence-electron chi connectivity index (χ1n) is 7.56. The van der Waals surface area contributed by atoms with Crippen LogP contribution in [0.5, 0.6) is 5.75 Å². The van der Waals surface area contributed by atoms with Crippen LogP contribution in [0.2, 0.25) is 0 Å². The minimum absolute atomic E-state index is 0.0164. The van der Waals surface area contributed by atoms with Gasteiger partial charge in [0.1, 0.15) is 5.75 Å². The molecule has 132 valence electrons. The fraction of sp³-hybridized carbons (Fsp3) is 0.0526. The second-order valence-corrected chi connectivity index (χ2v) is 5.41. The van der Waals surface area contributed by atoms with Gasteiger partial charge < -0.3 is 15.2 Å². The van der Waals surface area contributed by atoms with Gasteiger partial charge in [-0.15, -0.1) is 0 Å². The molecule has 7 heteroatoms. The number of benzene rings is 3. The van der Waals surface area contributed by atoms with Crippen molar-refractivity contribution in [2.75, 3.05) is 5.32 Å². The molecule has 0 bridgehead atoms. The maximum atomic E-state index is 12.4. The normalized spacial score (nSPS) is 10.7. The van der Waals surface area contributed by atoms with Crippen molar-refractivity contribution in [1.82, 2.24) is 0 Å². The van der Waals surface area contributed by atoms with E-state index in [1.54, 1.807) is 18.2 Å². The molecule has 0 aliphatic rings. The number of alkyl halides is 2. The highest BCUT2D eigenvalue weighted by Crippen LogP contribution is 2.25. The summed E-state index contributed by atoms with van der Waals surface area (Å²) in [6, 6.07) is 15.9. The summed E-state index contributed by atoms with van der Waals surface area (Å²) in [7, 11) is 0. The Kier molecular flexibility index (Phi) is 4.79. The number of ether oxygens (including phenoxy) is 1. The van der Waals surface area contributed by atoms with E-state index < -0.39 is 18.5 Å². The summed E-state index contributed by atoms with van der Waals surface area (Å²) in [4.78, 5) is 23.8. The van der Waals surface area contributed by atoms with Crippen LogP contribution in [0.15, 0.2) is 60.7 Å². The highest BCUT2D eigenvalue weighted by atomic mass is 19.3. The zero-order chi connectivity index (χ0) is 18.7. The smallest absolute Gasteiger partial charge is 0.387 e. The minimum atomic E-state index is -3.07. The van der Waals surface area contributed by atoms with Gasteiger partial charge in [0, 0.05) is 5.56 Å². The van der Waals surface area contributed by atoms with E-state index in [-0.39, 0.29) is 17.0 Å². The van der Waals surface area contributed by atoms with Gasteiger partial charge >= 0.3 is 12.6 Å². The predicted octanol–water partition coefficient (Wildman–Crippen LogP) is 4.39. The Labute approximate surface area is 146 Å². The molecule has 0 saturated carbocycles. The molecule has 5 nitrogen and oxygen atoms in total. The van der Waals surface area contributed by atoms with E-state index in [0.29, 0.717) is 5.56 Å². The third kappa shape index (κ3) is 3.77. The Morgan fingerprint density at radius 2 is 1.69 bits per heavy atom. The Balaban J connectivity index is 1.88. The van der Waals surface area contributed by atoms with Crippen LogP contribution in [-0.4, -0.2) is 23.6 Å². The second kappa shape index (κ2) is 7.18. The average Bonchev–Trinajstić information content (AvgIpc) is 2.61. The van der Waals surface area contributed by atoms with E-state index >= 15 is 0 Å². The van der Waals surface area contributed by atoms with Crippen LogP contribution in [0.25, 0.3) is 10.8 Å². The standard InChI is InChI=1S/C19H13F2NO4/c20-19(21)26-14-7-8-16(15(10-14)18(24)25)22-17(23)13-6-5-11-3-1-2-4-12(11)9-13/h1-10,19H,(H,22,23)(H,24,25). The van der Waals surface area contributed by atoms with E-state index in [9.17, 15) is 23.5 Å². The summed E-state index contributed by atoms with van der Waals surface area (Å²) < 4.78 is 28.7. The predicted molar refractivity (Wildman–Crippen MR) is 91.9 cm³/mol. The lowest BCUT2D eigenvalue weighted by molar-refractivity contribution is -0.0499. The van der Waals surface area contributed by atoms with E-state index in [2.05, 4.69) is 10.1 Å². The second-order valence-electron chi connectivity index (χ2n) is 5.41. The number of carboxylic acids is 1. The topological polar surface area (TPSA) is 75.6 Å². The molecule has 3 aromatic rings. The number of hydrogen-bond acceptors (Lipinski definition) is 3. The molecule has 0 heterocycles. The lowest BCUT2D eigenvalue weighted by Crippen LogP contribution is -2.15. The van der Waals surface area contributed by atoms with Crippen molar-refractivity contribution in [2.24, 2.45) is 0 Å². The van der Waals surface area contributed by atoms with Crippen molar-refractivity contribution < 1.29 is 28.2 Å². The molecule has 0 unspecified atom stereocenters. The molecule has 0 atom stereocenters. The maximum Gasteiger partial charge on any atom is 0.387 e. The molecule has 26 heavy (non-hydrogen) atoms. The quantitative estimate of drug-likeness (QED) is 0.710. The highest BCUT2D eigenvalue weighted by molar-refractivity contribution is 6.09. The Hall–Kier alpha value is -3.48. The molecule has 0 aliphatic carbocycles. The number of hydrogen-bond donors (Lipinski definition) is 2. The number of nitrogens with one attached hydrogen (secondary N) is 1. The number of anilines is 1. The van der Waals surface area contributed by atoms with Gasteiger partial charge in [-0.1, -0.05) is 30.3 Å². The molecule has 0 spiro atoms. The van der Waals surface area contributed by atoms with Crippen molar-refractivity contribution >= 4 is 28.3 Å². The number of aromatic carboxylic acids is 1. The Bertz CT molecular complexity index is 988.